The highest BCUT2D eigenvalue weighted by Gasteiger charge is 2.21. The normalized spacial score (nSPS) is 10.8. The zero-order valence-electron chi connectivity index (χ0n) is 15.4. The summed E-state index contributed by atoms with van der Waals surface area (Å²) in [5.41, 5.74) is 3.98. The minimum absolute atomic E-state index is 0.332. The van der Waals surface area contributed by atoms with E-state index >= 15 is 0 Å². The Hall–Kier alpha value is -3.92. The molecule has 0 saturated heterocycles. The van der Waals surface area contributed by atoms with E-state index in [1.165, 1.54) is 0 Å². The first kappa shape index (κ1) is 17.5. The van der Waals surface area contributed by atoms with E-state index in [0.717, 1.165) is 11.1 Å². The Morgan fingerprint density at radius 3 is 2.68 bits per heavy atom. The van der Waals surface area contributed by atoms with Crippen LogP contribution in [0.4, 0.5) is 5.95 Å². The van der Waals surface area contributed by atoms with Gasteiger partial charge in [-0.15, -0.1) is 0 Å². The van der Waals surface area contributed by atoms with Gasteiger partial charge in [-0.2, -0.15) is 5.26 Å². The third-order valence-corrected chi connectivity index (χ3v) is 4.55. The Labute approximate surface area is 161 Å². The predicted octanol–water partition coefficient (Wildman–Crippen LogP) is 3.81. The largest absolute Gasteiger partial charge is 0.361 e. The van der Waals surface area contributed by atoms with Gasteiger partial charge in [0.25, 0.3) is 5.91 Å². The Balaban J connectivity index is 1.78. The van der Waals surface area contributed by atoms with Gasteiger partial charge < -0.3 is 9.09 Å². The number of aromatic nitrogens is 3. The third-order valence-electron chi connectivity index (χ3n) is 4.55. The molecular weight excluding hydrogens is 354 g/mol. The zero-order chi connectivity index (χ0) is 19.7. The number of hydrogen-bond acceptors (Lipinski definition) is 5. The number of nitriles is 1. The fourth-order valence-electron chi connectivity index (χ4n) is 3.19. The van der Waals surface area contributed by atoms with Crippen molar-refractivity contribution in [1.29, 1.82) is 5.26 Å². The monoisotopic (exact) mass is 371 g/mol. The molecule has 0 unspecified atom stereocenters. The second-order valence-electron chi connectivity index (χ2n) is 6.48. The highest BCUT2D eigenvalue weighted by molar-refractivity contribution is 6.05. The molecule has 1 amide bonds. The summed E-state index contributed by atoms with van der Waals surface area (Å²) in [6.45, 7) is 3.94. The molecule has 7 heteroatoms. The maximum atomic E-state index is 12.8. The molecule has 0 aliphatic rings. The van der Waals surface area contributed by atoms with Crippen molar-refractivity contribution in [3.05, 3.63) is 76.7 Å². The van der Waals surface area contributed by atoms with Crippen LogP contribution in [-0.4, -0.2) is 20.6 Å². The lowest BCUT2D eigenvalue weighted by atomic mass is 10.2. The van der Waals surface area contributed by atoms with Gasteiger partial charge >= 0.3 is 0 Å². The molecule has 0 bridgehead atoms. The first-order valence-electron chi connectivity index (χ1n) is 8.75. The highest BCUT2D eigenvalue weighted by Crippen LogP contribution is 2.24. The summed E-state index contributed by atoms with van der Waals surface area (Å²) in [7, 11) is 0. The maximum Gasteiger partial charge on any atom is 0.263 e. The van der Waals surface area contributed by atoms with E-state index in [1.807, 2.05) is 41.0 Å². The van der Waals surface area contributed by atoms with Gasteiger partial charge in [0, 0.05) is 0 Å². The fraction of sp³-hybridized carbons (Fsp3) is 0.143. The molecule has 0 saturated carbocycles. The van der Waals surface area contributed by atoms with Crippen molar-refractivity contribution in [3.63, 3.8) is 0 Å². The van der Waals surface area contributed by atoms with Gasteiger partial charge in [0.05, 0.1) is 34.9 Å². The number of rotatable bonds is 4. The molecule has 7 nitrogen and oxygen atoms in total. The average Bonchev–Trinajstić information content (AvgIpc) is 3.21. The first-order valence-corrected chi connectivity index (χ1v) is 8.75. The summed E-state index contributed by atoms with van der Waals surface area (Å²) >= 11 is 0. The standard InChI is InChI=1S/C21H17N5O2/c1-13-19(14(2)28-25-13)20(27)24-21-23-17-10-16(11-22)8-9-18(17)26(21)12-15-6-4-3-5-7-15/h3-10H,12H2,1-2H3,(H,23,24,27). The lowest BCUT2D eigenvalue weighted by Crippen LogP contribution is -2.17. The van der Waals surface area contributed by atoms with Gasteiger partial charge in [0.2, 0.25) is 5.95 Å². The van der Waals surface area contributed by atoms with Gasteiger partial charge in [-0.25, -0.2) is 4.98 Å². The Morgan fingerprint density at radius 2 is 2.00 bits per heavy atom. The Bertz CT molecular complexity index is 1200. The summed E-state index contributed by atoms with van der Waals surface area (Å²) in [5, 5.41) is 15.9. The number of amides is 1. The molecule has 2 heterocycles. The Morgan fingerprint density at radius 1 is 1.21 bits per heavy atom. The van der Waals surface area contributed by atoms with E-state index in [2.05, 4.69) is 21.5 Å². The van der Waals surface area contributed by atoms with E-state index in [-0.39, 0.29) is 5.91 Å². The quantitative estimate of drug-likeness (QED) is 0.588. The number of nitrogens with one attached hydrogen (secondary N) is 1. The summed E-state index contributed by atoms with van der Waals surface area (Å²) in [4.78, 5) is 17.4. The minimum atomic E-state index is -0.332. The molecule has 4 aromatic rings. The average molecular weight is 371 g/mol. The van der Waals surface area contributed by atoms with E-state index in [0.29, 0.717) is 40.6 Å². The van der Waals surface area contributed by atoms with Gasteiger partial charge in [-0.3, -0.25) is 10.1 Å². The Kier molecular flexibility index (Phi) is 4.38. The van der Waals surface area contributed by atoms with Gasteiger partial charge in [-0.05, 0) is 37.6 Å². The van der Waals surface area contributed by atoms with Crippen molar-refractivity contribution in [2.45, 2.75) is 20.4 Å². The fourth-order valence-corrected chi connectivity index (χ4v) is 3.19. The number of hydrogen-bond donors (Lipinski definition) is 1. The molecule has 138 valence electrons. The van der Waals surface area contributed by atoms with Crippen LogP contribution in [0, 0.1) is 25.2 Å². The van der Waals surface area contributed by atoms with E-state index in [1.54, 1.807) is 26.0 Å². The van der Waals surface area contributed by atoms with Crippen LogP contribution in [0.3, 0.4) is 0 Å². The van der Waals surface area contributed by atoms with Gasteiger partial charge in [-0.1, -0.05) is 35.5 Å². The molecule has 0 radical (unpaired) electrons. The van der Waals surface area contributed by atoms with Crippen LogP contribution < -0.4 is 5.32 Å². The zero-order valence-corrected chi connectivity index (χ0v) is 15.4. The summed E-state index contributed by atoms with van der Waals surface area (Å²) < 4.78 is 7.01. The van der Waals surface area contributed by atoms with E-state index in [9.17, 15) is 4.79 Å². The van der Waals surface area contributed by atoms with Crippen LogP contribution in [-0.2, 0) is 6.54 Å². The second kappa shape index (κ2) is 7.00. The third kappa shape index (κ3) is 3.12. The molecule has 0 aliphatic heterocycles. The number of benzene rings is 2. The summed E-state index contributed by atoms with van der Waals surface area (Å²) in [6, 6.07) is 17.3. The van der Waals surface area contributed by atoms with Crippen LogP contribution >= 0.6 is 0 Å². The molecule has 1 N–H and O–H groups in total. The van der Waals surface area contributed by atoms with Gasteiger partial charge in [0.15, 0.2) is 0 Å². The van der Waals surface area contributed by atoms with Crippen molar-refractivity contribution in [3.8, 4) is 6.07 Å². The van der Waals surface area contributed by atoms with Crippen molar-refractivity contribution < 1.29 is 9.32 Å². The molecule has 0 aliphatic carbocycles. The molecule has 0 atom stereocenters. The molecule has 2 aromatic heterocycles. The number of fused-ring (bicyclic) bond motifs is 1. The van der Waals surface area contributed by atoms with Gasteiger partial charge in [0.1, 0.15) is 11.3 Å². The number of carbonyl (C=O) groups is 1. The lowest BCUT2D eigenvalue weighted by molar-refractivity contribution is 0.102. The smallest absolute Gasteiger partial charge is 0.263 e. The molecule has 2 aromatic carbocycles. The number of anilines is 1. The van der Waals surface area contributed by atoms with Crippen molar-refractivity contribution in [1.82, 2.24) is 14.7 Å². The van der Waals surface area contributed by atoms with E-state index in [4.69, 9.17) is 9.78 Å². The predicted molar refractivity (Wildman–Crippen MR) is 104 cm³/mol. The second-order valence-corrected chi connectivity index (χ2v) is 6.48. The van der Waals surface area contributed by atoms with Crippen molar-refractivity contribution in [2.75, 3.05) is 5.32 Å². The van der Waals surface area contributed by atoms with Crippen LogP contribution in [0.5, 0.6) is 0 Å². The first-order chi connectivity index (χ1) is 13.6. The van der Waals surface area contributed by atoms with Crippen LogP contribution in [0.1, 0.15) is 32.9 Å². The molecule has 0 fully saturated rings. The molecular formula is C21H17N5O2. The van der Waals surface area contributed by atoms with Crippen LogP contribution in [0.2, 0.25) is 0 Å². The minimum Gasteiger partial charge on any atom is -0.361 e. The number of nitrogens with zero attached hydrogens (tertiary/aromatic N) is 4. The summed E-state index contributed by atoms with van der Waals surface area (Å²) in [5.74, 6) is 0.521. The molecule has 4 rings (SSSR count). The number of imidazole rings is 1. The molecule has 0 spiro atoms. The van der Waals surface area contributed by atoms with Crippen molar-refractivity contribution in [2.24, 2.45) is 0 Å². The van der Waals surface area contributed by atoms with E-state index < -0.39 is 0 Å². The van der Waals surface area contributed by atoms with Crippen molar-refractivity contribution >= 4 is 22.9 Å². The van der Waals surface area contributed by atoms with Crippen LogP contribution in [0.25, 0.3) is 11.0 Å². The number of carbonyl (C=O) groups excluding carboxylic acids is 1. The molecule has 28 heavy (non-hydrogen) atoms. The maximum absolute atomic E-state index is 12.8. The van der Waals surface area contributed by atoms with Crippen LogP contribution in [0.15, 0.2) is 53.1 Å². The highest BCUT2D eigenvalue weighted by atomic mass is 16.5. The topological polar surface area (TPSA) is 96.7 Å². The lowest BCUT2D eigenvalue weighted by Gasteiger charge is -2.10. The summed E-state index contributed by atoms with van der Waals surface area (Å²) in [6.07, 6.45) is 0. The SMILES string of the molecule is Cc1noc(C)c1C(=O)Nc1nc2cc(C#N)ccc2n1Cc1ccccc1. The number of aryl methyl sites for hydroxylation is 2.